The van der Waals surface area contributed by atoms with Crippen molar-refractivity contribution in [2.45, 2.75) is 0 Å². The normalized spacial score (nSPS) is 0. The van der Waals surface area contributed by atoms with Gasteiger partial charge in [0.2, 0.25) is 0 Å². The van der Waals surface area contributed by atoms with Crippen LogP contribution in [0.1, 0.15) is 0 Å². The molecule has 0 saturated carbocycles. The van der Waals surface area contributed by atoms with Gasteiger partial charge in [0.1, 0.15) is 0 Å². The fourth-order valence-electron chi connectivity index (χ4n) is 0. The summed E-state index contributed by atoms with van der Waals surface area (Å²) < 4.78 is 0. The minimum Gasteiger partial charge on any atom is -1.00 e. The van der Waals surface area contributed by atoms with E-state index in [1.54, 1.807) is 0 Å². The van der Waals surface area contributed by atoms with Gasteiger partial charge >= 0.3 is 0 Å². The Morgan fingerprint density at radius 2 is 0.750 bits per heavy atom. The van der Waals surface area contributed by atoms with E-state index in [0.717, 1.165) is 0 Å². The minimum absolute atomic E-state index is 0. The van der Waals surface area contributed by atoms with E-state index in [1.807, 2.05) is 0 Å². The van der Waals surface area contributed by atoms with Crippen molar-refractivity contribution in [1.29, 1.82) is 0 Å². The van der Waals surface area contributed by atoms with Crippen molar-refractivity contribution in [3.05, 3.63) is 0 Å². The van der Waals surface area contributed by atoms with Crippen LogP contribution in [0, 0.1) is 0 Å². The Morgan fingerprint density at radius 3 is 0.750 bits per heavy atom. The fraction of sp³-hybridized carbons (Fsp3) is 0. The summed E-state index contributed by atoms with van der Waals surface area (Å²) in [6.07, 6.45) is 0. The molecule has 4 heavy (non-hydrogen) atoms. The molecule has 0 heterocycles. The molecule has 0 amide bonds. The van der Waals surface area contributed by atoms with Crippen molar-refractivity contribution >= 4 is 0 Å². The van der Waals surface area contributed by atoms with Gasteiger partial charge in [-0.25, -0.2) is 0 Å². The summed E-state index contributed by atoms with van der Waals surface area (Å²) in [4.78, 5) is 0. The van der Waals surface area contributed by atoms with Gasteiger partial charge in [-0.3, -0.25) is 0 Å². The summed E-state index contributed by atoms with van der Waals surface area (Å²) in [5.74, 6) is 0. The third kappa shape index (κ3) is 11.6. The molecule has 2 N–H and O–H groups in total. The van der Waals surface area contributed by atoms with E-state index in [9.17, 15) is 0 Å². The van der Waals surface area contributed by atoms with E-state index < -0.39 is 0 Å². The van der Waals surface area contributed by atoms with Gasteiger partial charge in [-0.15, -0.1) is 0 Å². The second kappa shape index (κ2) is 33.9. The molecular formula is H2Cl2MnO-2. The molecular weight excluding hydrogens is 142 g/mol. The van der Waals surface area contributed by atoms with E-state index in [1.165, 1.54) is 0 Å². The van der Waals surface area contributed by atoms with Gasteiger partial charge in [-0.05, 0) is 0 Å². The van der Waals surface area contributed by atoms with Crippen LogP contribution in [0.15, 0.2) is 0 Å². The molecule has 31 valence electrons. The fourth-order valence-corrected chi connectivity index (χ4v) is 0. The molecule has 0 fully saturated rings. The average Bonchev–Trinajstić information content (AvgIpc) is 0. The van der Waals surface area contributed by atoms with Crippen LogP contribution in [-0.2, 0) is 17.1 Å². The van der Waals surface area contributed by atoms with Crippen LogP contribution in [0.4, 0.5) is 0 Å². The van der Waals surface area contributed by atoms with Gasteiger partial charge in [0.05, 0.1) is 0 Å². The molecule has 0 spiro atoms. The van der Waals surface area contributed by atoms with E-state index in [2.05, 4.69) is 0 Å². The third-order valence-corrected chi connectivity index (χ3v) is 0. The molecule has 0 rings (SSSR count). The number of hydrogen-bond acceptors (Lipinski definition) is 0. The first-order valence-corrected chi connectivity index (χ1v) is 0. The molecule has 0 aliphatic carbocycles. The van der Waals surface area contributed by atoms with Gasteiger partial charge in [0.15, 0.2) is 0 Å². The maximum absolute atomic E-state index is 0. The third-order valence-electron chi connectivity index (χ3n) is 0. The van der Waals surface area contributed by atoms with Crippen molar-refractivity contribution in [3.63, 3.8) is 0 Å². The Labute approximate surface area is 47.8 Å². The van der Waals surface area contributed by atoms with Crippen LogP contribution in [-0.4, -0.2) is 5.48 Å². The topological polar surface area (TPSA) is 31.5 Å². The van der Waals surface area contributed by atoms with E-state index >= 15 is 0 Å². The summed E-state index contributed by atoms with van der Waals surface area (Å²) in [6.45, 7) is 0. The summed E-state index contributed by atoms with van der Waals surface area (Å²) in [5.41, 5.74) is 0. The SMILES string of the molecule is O.[Cl-].[Cl-].[Mn]. The van der Waals surface area contributed by atoms with E-state index in [4.69, 9.17) is 0 Å². The van der Waals surface area contributed by atoms with Crippen LogP contribution in [0.3, 0.4) is 0 Å². The van der Waals surface area contributed by atoms with Crippen molar-refractivity contribution in [2.75, 3.05) is 0 Å². The maximum Gasteiger partial charge on any atom is 0 e. The molecule has 0 unspecified atom stereocenters. The second-order valence-electron chi connectivity index (χ2n) is 0. The van der Waals surface area contributed by atoms with Gasteiger partial charge in [0, 0.05) is 17.1 Å². The number of halogens is 2. The summed E-state index contributed by atoms with van der Waals surface area (Å²) in [5, 5.41) is 0. The van der Waals surface area contributed by atoms with Gasteiger partial charge < -0.3 is 30.3 Å². The van der Waals surface area contributed by atoms with Gasteiger partial charge in [0.25, 0.3) is 0 Å². The van der Waals surface area contributed by atoms with Crippen molar-refractivity contribution in [3.8, 4) is 0 Å². The van der Waals surface area contributed by atoms with E-state index in [0.29, 0.717) is 0 Å². The largest absolute Gasteiger partial charge is 1.00 e. The van der Waals surface area contributed by atoms with Crippen LogP contribution < -0.4 is 24.8 Å². The Bertz CT molecular complexity index is 6.00. The number of rotatable bonds is 0. The monoisotopic (exact) mass is 143 g/mol. The Hall–Kier alpha value is 1.06. The predicted octanol–water partition coefficient (Wildman–Crippen LogP) is -6.82. The Balaban J connectivity index is 0. The van der Waals surface area contributed by atoms with E-state index in [-0.39, 0.29) is 47.4 Å². The van der Waals surface area contributed by atoms with Crippen molar-refractivity contribution in [1.82, 2.24) is 0 Å². The van der Waals surface area contributed by atoms with Crippen LogP contribution >= 0.6 is 0 Å². The molecule has 0 aliphatic rings. The zero-order chi connectivity index (χ0) is 0. The molecule has 1 nitrogen and oxygen atoms in total. The second-order valence-corrected chi connectivity index (χ2v) is 0. The molecule has 1 radical (unpaired) electrons. The molecule has 0 aliphatic heterocycles. The molecule has 0 bridgehead atoms. The van der Waals surface area contributed by atoms with Gasteiger partial charge in [-0.2, -0.15) is 0 Å². The predicted molar refractivity (Wildman–Crippen MR) is 3.61 cm³/mol. The van der Waals surface area contributed by atoms with Crippen molar-refractivity contribution in [2.24, 2.45) is 0 Å². The molecule has 4 heteroatoms. The average molecular weight is 144 g/mol. The quantitative estimate of drug-likeness (QED) is 0.302. The number of hydrogen-bond donors (Lipinski definition) is 0. The first-order chi connectivity index (χ1) is 0. The van der Waals surface area contributed by atoms with Crippen LogP contribution in [0.5, 0.6) is 0 Å². The summed E-state index contributed by atoms with van der Waals surface area (Å²) >= 11 is 0. The first kappa shape index (κ1) is 74.3. The molecule has 0 atom stereocenters. The van der Waals surface area contributed by atoms with Crippen LogP contribution in [0.25, 0.3) is 0 Å². The molecule has 0 aromatic heterocycles. The first-order valence-electron chi connectivity index (χ1n) is 0. The minimum atomic E-state index is 0. The van der Waals surface area contributed by atoms with Crippen LogP contribution in [0.2, 0.25) is 0 Å². The summed E-state index contributed by atoms with van der Waals surface area (Å²) in [6, 6.07) is 0. The molecule has 0 aromatic rings. The zero-order valence-corrected chi connectivity index (χ0v) is 4.33. The van der Waals surface area contributed by atoms with Crippen molar-refractivity contribution < 1.29 is 47.4 Å². The zero-order valence-electron chi connectivity index (χ0n) is 1.63. The summed E-state index contributed by atoms with van der Waals surface area (Å²) in [7, 11) is 0. The Kier molecular flexibility index (Phi) is 629. The Morgan fingerprint density at radius 1 is 0.750 bits per heavy atom. The smallest absolute Gasteiger partial charge is 0 e. The molecule has 0 aromatic carbocycles. The molecule has 0 saturated heterocycles. The van der Waals surface area contributed by atoms with Gasteiger partial charge in [-0.1, -0.05) is 0 Å². The maximum atomic E-state index is 0. The standard InChI is InChI=1S/2ClH.Mn.H2O/h2*1H;;1H2/p-2.